The summed E-state index contributed by atoms with van der Waals surface area (Å²) in [5, 5.41) is 0. The fourth-order valence-corrected chi connectivity index (χ4v) is 8.61. The Hall–Kier alpha value is -2.09. The van der Waals surface area contributed by atoms with E-state index in [2.05, 4.69) is 89.7 Å². The Morgan fingerprint density at radius 1 is 0.333 bits per heavy atom. The van der Waals surface area contributed by atoms with Gasteiger partial charge in [-0.3, -0.25) is 0 Å². The number of hydrogen-bond donors (Lipinski definition) is 0. The molecular formula is C51H77Cl3CoN5. The molecule has 0 spiro atoms. The van der Waals surface area contributed by atoms with E-state index in [0.717, 1.165) is 47.2 Å². The van der Waals surface area contributed by atoms with Gasteiger partial charge in [0.25, 0.3) is 0 Å². The molecule has 0 bridgehead atoms. The Labute approximate surface area is 394 Å². The number of imidazole rings is 2. The number of pyridine rings is 1. The van der Waals surface area contributed by atoms with Crippen molar-refractivity contribution in [3.8, 4) is 23.0 Å². The Bertz CT molecular complexity index is 1660. The molecule has 0 saturated carbocycles. The van der Waals surface area contributed by atoms with E-state index in [4.69, 9.17) is 15.0 Å². The zero-order valence-corrected chi connectivity index (χ0v) is 40.6. The predicted molar refractivity (Wildman–Crippen MR) is 242 cm³/mol. The van der Waals surface area contributed by atoms with Gasteiger partial charge in [0, 0.05) is 13.1 Å². The van der Waals surface area contributed by atoms with E-state index in [1.54, 1.807) is 0 Å². The van der Waals surface area contributed by atoms with E-state index in [1.807, 2.05) is 0 Å². The maximum atomic E-state index is 5.29. The van der Waals surface area contributed by atoms with Crippen LogP contribution in [-0.4, -0.2) is 24.1 Å². The van der Waals surface area contributed by atoms with Crippen molar-refractivity contribution < 1.29 is 54.0 Å². The second-order valence-electron chi connectivity index (χ2n) is 16.8. The molecule has 5 nitrogen and oxygen atoms in total. The zero-order chi connectivity index (χ0) is 38.9. The molecule has 5 rings (SSSR count). The maximum Gasteiger partial charge on any atom is 3.00 e. The van der Waals surface area contributed by atoms with Crippen LogP contribution in [0.2, 0.25) is 0 Å². The summed E-state index contributed by atoms with van der Waals surface area (Å²) >= 11 is 0. The van der Waals surface area contributed by atoms with Crippen molar-refractivity contribution in [2.75, 3.05) is 0 Å². The van der Waals surface area contributed by atoms with Crippen LogP contribution in [0.1, 0.15) is 194 Å². The maximum absolute atomic E-state index is 5.29. The fraction of sp³-hybridized carbons (Fsp3) is 0.627. The Kier molecular flexibility index (Phi) is 32.1. The minimum Gasteiger partial charge on any atom is -1.00 e. The van der Waals surface area contributed by atoms with E-state index in [1.165, 1.54) is 191 Å². The summed E-state index contributed by atoms with van der Waals surface area (Å²) in [5.41, 5.74) is 6.36. The normalized spacial score (nSPS) is 11.0. The fourth-order valence-electron chi connectivity index (χ4n) is 8.61. The van der Waals surface area contributed by atoms with E-state index in [9.17, 15) is 0 Å². The molecule has 2 aromatic carbocycles. The van der Waals surface area contributed by atoms with Gasteiger partial charge in [-0.05, 0) is 49.2 Å². The molecule has 0 N–H and O–H groups in total. The molecule has 0 atom stereocenters. The number of aromatic nitrogens is 5. The molecular weight excluding hydrogens is 848 g/mol. The summed E-state index contributed by atoms with van der Waals surface area (Å²) in [6, 6.07) is 23.6. The molecule has 9 heteroatoms. The number of benzene rings is 2. The van der Waals surface area contributed by atoms with Gasteiger partial charge in [-0.2, -0.15) is 0 Å². The van der Waals surface area contributed by atoms with Gasteiger partial charge in [0.1, 0.15) is 11.4 Å². The third kappa shape index (κ3) is 19.1. The first-order valence-corrected chi connectivity index (χ1v) is 23.7. The molecule has 5 aromatic rings. The number of fused-ring (bicyclic) bond motifs is 2. The second kappa shape index (κ2) is 34.4. The van der Waals surface area contributed by atoms with Crippen LogP contribution in [0.3, 0.4) is 0 Å². The molecule has 3 heterocycles. The first-order valence-electron chi connectivity index (χ1n) is 23.7. The van der Waals surface area contributed by atoms with Gasteiger partial charge in [0.05, 0.1) is 22.1 Å². The number of hydrogen-bond acceptors (Lipinski definition) is 3. The van der Waals surface area contributed by atoms with Gasteiger partial charge in [-0.25, -0.2) is 15.0 Å². The van der Waals surface area contributed by atoms with Crippen LogP contribution in [0.15, 0.2) is 66.7 Å². The molecule has 336 valence electrons. The quantitative estimate of drug-likeness (QED) is 0.0434. The van der Waals surface area contributed by atoms with Crippen molar-refractivity contribution in [3.05, 3.63) is 66.7 Å². The molecule has 0 unspecified atom stereocenters. The number of para-hydroxylation sites is 4. The van der Waals surface area contributed by atoms with Crippen LogP contribution in [0.25, 0.3) is 45.1 Å². The summed E-state index contributed by atoms with van der Waals surface area (Å²) in [6.07, 6.45) is 38.5. The Morgan fingerprint density at radius 3 is 0.933 bits per heavy atom. The summed E-state index contributed by atoms with van der Waals surface area (Å²) < 4.78 is 4.83. The number of halogens is 3. The zero-order valence-electron chi connectivity index (χ0n) is 37.3. The van der Waals surface area contributed by atoms with Gasteiger partial charge in [-0.15, -0.1) is 0 Å². The van der Waals surface area contributed by atoms with Crippen molar-refractivity contribution >= 4 is 22.1 Å². The molecule has 60 heavy (non-hydrogen) atoms. The van der Waals surface area contributed by atoms with Gasteiger partial charge in [0.15, 0.2) is 11.6 Å². The predicted octanol–water partition coefficient (Wildman–Crippen LogP) is 7.09. The number of rotatable bonds is 32. The van der Waals surface area contributed by atoms with Gasteiger partial charge < -0.3 is 46.4 Å². The first-order chi connectivity index (χ1) is 27.8. The average Bonchev–Trinajstić information content (AvgIpc) is 3.79. The SMILES string of the molecule is CCCCCCCCCCCCCCCCn1c(-c2cccc(-c3nc4ccccc4n3CCCCCCCCCCCCCCCC)n2)nc2ccccc21.[Cl-].[Cl-].[Cl-].[Co+3]. The van der Waals surface area contributed by atoms with Gasteiger partial charge in [-0.1, -0.05) is 211 Å². The molecule has 0 aliphatic carbocycles. The van der Waals surface area contributed by atoms with Crippen molar-refractivity contribution in [3.63, 3.8) is 0 Å². The summed E-state index contributed by atoms with van der Waals surface area (Å²) in [4.78, 5) is 15.6. The standard InChI is InChI=1S/C51H77N5.3ClH.Co/c1-3-5-7-9-11-13-15-17-19-21-23-25-27-33-42-55-48-40-31-29-36-44(48)53-50(55)46-38-35-39-47(52-46)51-54-45-37-30-32-41-49(45)56(51)43-34-28-26-24-22-20-18-16-14-12-10-8-6-4-2;;;;/h29-32,35-41H,3-28,33-34,42-43H2,1-2H3;3*1H;/q;;;;+3/p-3. The van der Waals surface area contributed by atoms with E-state index < -0.39 is 0 Å². The average molecular weight is 926 g/mol. The van der Waals surface area contributed by atoms with Crippen LogP contribution in [-0.2, 0) is 29.9 Å². The Balaban J connectivity index is 0.00000450. The van der Waals surface area contributed by atoms with Crippen LogP contribution < -0.4 is 37.2 Å². The molecule has 0 amide bonds. The summed E-state index contributed by atoms with van der Waals surface area (Å²) in [7, 11) is 0. The largest absolute Gasteiger partial charge is 3.00 e. The van der Waals surface area contributed by atoms with Crippen molar-refractivity contribution in [1.29, 1.82) is 0 Å². The van der Waals surface area contributed by atoms with Crippen LogP contribution in [0.5, 0.6) is 0 Å². The van der Waals surface area contributed by atoms with E-state index in [-0.39, 0.29) is 54.0 Å². The minimum absolute atomic E-state index is 0. The van der Waals surface area contributed by atoms with E-state index in [0.29, 0.717) is 0 Å². The smallest absolute Gasteiger partial charge is 1.00 e. The Morgan fingerprint density at radius 2 is 0.617 bits per heavy atom. The number of aryl methyl sites for hydroxylation is 2. The van der Waals surface area contributed by atoms with Gasteiger partial charge in [0.2, 0.25) is 0 Å². The van der Waals surface area contributed by atoms with Crippen molar-refractivity contribution in [1.82, 2.24) is 24.1 Å². The molecule has 0 saturated heterocycles. The summed E-state index contributed by atoms with van der Waals surface area (Å²) in [5.74, 6) is 1.94. The van der Waals surface area contributed by atoms with E-state index >= 15 is 0 Å². The minimum atomic E-state index is 0. The second-order valence-corrected chi connectivity index (χ2v) is 16.8. The van der Waals surface area contributed by atoms with Crippen LogP contribution in [0.4, 0.5) is 0 Å². The molecule has 0 aliphatic heterocycles. The van der Waals surface area contributed by atoms with Crippen LogP contribution >= 0.6 is 0 Å². The molecule has 3 aromatic heterocycles. The van der Waals surface area contributed by atoms with Gasteiger partial charge >= 0.3 is 16.8 Å². The third-order valence-corrected chi connectivity index (χ3v) is 12.0. The third-order valence-electron chi connectivity index (χ3n) is 12.0. The first kappa shape index (κ1) is 55.9. The molecule has 0 aliphatic rings. The van der Waals surface area contributed by atoms with Crippen LogP contribution in [0, 0.1) is 0 Å². The van der Waals surface area contributed by atoms with Crippen molar-refractivity contribution in [2.45, 2.75) is 207 Å². The topological polar surface area (TPSA) is 48.5 Å². The monoisotopic (exact) mass is 923 g/mol. The molecule has 0 fully saturated rings. The summed E-state index contributed by atoms with van der Waals surface area (Å²) in [6.45, 7) is 6.54. The number of nitrogens with zero attached hydrogens (tertiary/aromatic N) is 5. The number of unbranched alkanes of at least 4 members (excludes halogenated alkanes) is 26. The molecule has 0 radical (unpaired) electrons. The van der Waals surface area contributed by atoms with Crippen molar-refractivity contribution in [2.24, 2.45) is 0 Å².